The molecule has 0 unspecified atom stereocenters. The van der Waals surface area contributed by atoms with Crippen LogP contribution in [0.2, 0.25) is 0 Å². The van der Waals surface area contributed by atoms with Crippen LogP contribution in [-0.2, 0) is 14.8 Å². The molecule has 176 valence electrons. The molecule has 9 nitrogen and oxygen atoms in total. The van der Waals surface area contributed by atoms with Crippen molar-refractivity contribution in [2.24, 2.45) is 5.10 Å². The molecule has 0 radical (unpaired) electrons. The van der Waals surface area contributed by atoms with E-state index in [2.05, 4.69) is 15.8 Å². The minimum Gasteiger partial charge on any atom is -0.493 e. The third-order valence-electron chi connectivity index (χ3n) is 5.09. The maximum absolute atomic E-state index is 12.7. The number of benzene rings is 2. The van der Waals surface area contributed by atoms with Crippen molar-refractivity contribution in [3.05, 3.63) is 59.7 Å². The summed E-state index contributed by atoms with van der Waals surface area (Å²) in [7, 11) is -3.56. The summed E-state index contributed by atoms with van der Waals surface area (Å²) in [6.07, 6.45) is 4.20. The van der Waals surface area contributed by atoms with E-state index in [0.29, 0.717) is 31.0 Å². The van der Waals surface area contributed by atoms with Crippen LogP contribution >= 0.6 is 0 Å². The minimum atomic E-state index is -3.56. The van der Waals surface area contributed by atoms with Gasteiger partial charge in [0.1, 0.15) is 5.75 Å². The number of nitrogens with one attached hydrogen (secondary N) is 2. The van der Waals surface area contributed by atoms with Crippen LogP contribution in [0.1, 0.15) is 42.1 Å². The Morgan fingerprint density at radius 1 is 1.06 bits per heavy atom. The van der Waals surface area contributed by atoms with Crippen molar-refractivity contribution in [3.8, 4) is 5.75 Å². The number of piperidine rings is 1. The third kappa shape index (κ3) is 6.62. The molecule has 1 aliphatic heterocycles. The average molecular weight is 473 g/mol. The summed E-state index contributed by atoms with van der Waals surface area (Å²) >= 11 is 0. The van der Waals surface area contributed by atoms with E-state index in [1.54, 1.807) is 12.1 Å². The highest BCUT2D eigenvalue weighted by molar-refractivity contribution is 7.89. The summed E-state index contributed by atoms with van der Waals surface area (Å²) in [6.45, 7) is 3.13. The van der Waals surface area contributed by atoms with Gasteiger partial charge in [-0.25, -0.2) is 13.8 Å². The van der Waals surface area contributed by atoms with Gasteiger partial charge in [0.2, 0.25) is 10.0 Å². The predicted octanol–water partition coefficient (Wildman–Crippen LogP) is 2.14. The van der Waals surface area contributed by atoms with Crippen LogP contribution < -0.4 is 15.5 Å². The van der Waals surface area contributed by atoms with Gasteiger partial charge in [0, 0.05) is 24.2 Å². The fraction of sp³-hybridized carbons (Fsp3) is 0.348. The molecule has 3 rings (SSSR count). The maximum atomic E-state index is 12.7. The van der Waals surface area contributed by atoms with Gasteiger partial charge in [0.15, 0.2) is 0 Å². The van der Waals surface area contributed by atoms with Crippen molar-refractivity contribution in [1.82, 2.24) is 15.0 Å². The number of hydrogen-bond acceptors (Lipinski definition) is 6. The van der Waals surface area contributed by atoms with Crippen LogP contribution in [0, 0.1) is 0 Å². The van der Waals surface area contributed by atoms with Crippen molar-refractivity contribution in [1.29, 1.82) is 0 Å². The van der Waals surface area contributed by atoms with Crippen LogP contribution in [0.3, 0.4) is 0 Å². The molecule has 1 heterocycles. The van der Waals surface area contributed by atoms with Crippen LogP contribution in [0.15, 0.2) is 58.5 Å². The van der Waals surface area contributed by atoms with Crippen molar-refractivity contribution in [2.75, 3.05) is 26.2 Å². The smallest absolute Gasteiger partial charge is 0.259 e. The first-order chi connectivity index (χ1) is 15.9. The van der Waals surface area contributed by atoms with Crippen molar-refractivity contribution in [2.45, 2.75) is 31.1 Å². The number of sulfonamides is 1. The lowest BCUT2D eigenvalue weighted by molar-refractivity contribution is -0.120. The van der Waals surface area contributed by atoms with E-state index in [-0.39, 0.29) is 17.0 Å². The zero-order chi connectivity index (χ0) is 23.7. The van der Waals surface area contributed by atoms with Gasteiger partial charge in [-0.2, -0.15) is 9.41 Å². The van der Waals surface area contributed by atoms with Crippen molar-refractivity contribution < 1.29 is 22.7 Å². The lowest BCUT2D eigenvalue weighted by Gasteiger charge is -2.25. The highest BCUT2D eigenvalue weighted by Crippen LogP contribution is 2.21. The van der Waals surface area contributed by atoms with Crippen LogP contribution in [0.4, 0.5) is 0 Å². The van der Waals surface area contributed by atoms with Gasteiger partial charge >= 0.3 is 0 Å². The zero-order valence-corrected chi connectivity index (χ0v) is 19.3. The van der Waals surface area contributed by atoms with Crippen LogP contribution in [0.5, 0.6) is 5.75 Å². The summed E-state index contributed by atoms with van der Waals surface area (Å²) in [4.78, 5) is 24.5. The lowest BCUT2D eigenvalue weighted by Crippen LogP contribution is -2.36. The standard InChI is InChI=1S/C23H28N4O5S/c1-2-32-21-9-5-4-8-19(21)16-25-26-22(28)17-24-23(29)18-10-12-20(13-11-18)33(30,31)27-14-6-3-7-15-27/h4-5,8-13,16H,2-3,6-7,14-15,17H2,1H3,(H,24,29)(H,26,28)/b25-16+. The molecule has 0 atom stereocenters. The lowest BCUT2D eigenvalue weighted by atomic mass is 10.2. The van der Waals surface area contributed by atoms with E-state index in [1.165, 1.54) is 34.8 Å². The number of rotatable bonds is 9. The van der Waals surface area contributed by atoms with E-state index in [0.717, 1.165) is 19.3 Å². The fourth-order valence-electron chi connectivity index (χ4n) is 3.38. The summed E-state index contributed by atoms with van der Waals surface area (Å²) in [5, 5.41) is 6.38. The van der Waals surface area contributed by atoms with E-state index >= 15 is 0 Å². The number of para-hydroxylation sites is 1. The van der Waals surface area contributed by atoms with Gasteiger partial charge in [-0.05, 0) is 56.2 Å². The van der Waals surface area contributed by atoms with Gasteiger partial charge in [-0.1, -0.05) is 18.6 Å². The summed E-state index contributed by atoms with van der Waals surface area (Å²) in [6, 6.07) is 13.0. The second kappa shape index (κ2) is 11.6. The predicted molar refractivity (Wildman–Crippen MR) is 125 cm³/mol. The van der Waals surface area contributed by atoms with Gasteiger partial charge in [-0.3, -0.25) is 9.59 Å². The Kier molecular flexibility index (Phi) is 8.56. The molecule has 1 fully saturated rings. The molecule has 0 spiro atoms. The first kappa shape index (κ1) is 24.4. The first-order valence-corrected chi connectivity index (χ1v) is 12.3. The summed E-state index contributed by atoms with van der Waals surface area (Å²) in [5.74, 6) is -0.340. The normalized spacial score (nSPS) is 14.7. The molecule has 10 heteroatoms. The molecule has 2 aromatic carbocycles. The number of ether oxygens (including phenoxy) is 1. The Balaban J connectivity index is 1.51. The molecule has 1 aliphatic rings. The fourth-order valence-corrected chi connectivity index (χ4v) is 4.90. The Morgan fingerprint density at radius 3 is 2.45 bits per heavy atom. The molecule has 0 aromatic heterocycles. The van der Waals surface area contributed by atoms with E-state index in [9.17, 15) is 18.0 Å². The molecule has 0 bridgehead atoms. The zero-order valence-electron chi connectivity index (χ0n) is 18.5. The second-order valence-electron chi connectivity index (χ2n) is 7.44. The van der Waals surface area contributed by atoms with Gasteiger partial charge in [-0.15, -0.1) is 0 Å². The molecule has 33 heavy (non-hydrogen) atoms. The molecule has 0 aliphatic carbocycles. The number of carbonyl (C=O) groups excluding carboxylic acids is 2. The Hall–Kier alpha value is -3.24. The number of hydrazone groups is 1. The van der Waals surface area contributed by atoms with Crippen molar-refractivity contribution in [3.63, 3.8) is 0 Å². The Morgan fingerprint density at radius 2 is 1.76 bits per heavy atom. The number of nitrogens with zero attached hydrogens (tertiary/aromatic N) is 2. The monoisotopic (exact) mass is 472 g/mol. The molecular weight excluding hydrogens is 444 g/mol. The van der Waals surface area contributed by atoms with E-state index in [4.69, 9.17) is 4.74 Å². The largest absolute Gasteiger partial charge is 0.493 e. The molecule has 2 N–H and O–H groups in total. The van der Waals surface area contributed by atoms with Gasteiger partial charge in [0.05, 0.1) is 24.3 Å². The minimum absolute atomic E-state index is 0.153. The van der Waals surface area contributed by atoms with Crippen LogP contribution in [0.25, 0.3) is 0 Å². The number of amides is 2. The van der Waals surface area contributed by atoms with E-state index in [1.807, 2.05) is 19.1 Å². The second-order valence-corrected chi connectivity index (χ2v) is 9.37. The van der Waals surface area contributed by atoms with Crippen molar-refractivity contribution >= 4 is 28.1 Å². The highest BCUT2D eigenvalue weighted by Gasteiger charge is 2.25. The highest BCUT2D eigenvalue weighted by atomic mass is 32.2. The van der Waals surface area contributed by atoms with Crippen LogP contribution in [-0.4, -0.2) is 57.0 Å². The van der Waals surface area contributed by atoms with E-state index < -0.39 is 21.8 Å². The molecule has 2 amide bonds. The third-order valence-corrected chi connectivity index (χ3v) is 7.00. The molecule has 2 aromatic rings. The average Bonchev–Trinajstić information content (AvgIpc) is 2.84. The molecular formula is C23H28N4O5S. The SMILES string of the molecule is CCOc1ccccc1/C=N/NC(=O)CNC(=O)c1ccc(S(=O)(=O)N2CCCCC2)cc1. The Labute approximate surface area is 193 Å². The maximum Gasteiger partial charge on any atom is 0.259 e. The number of carbonyl (C=O) groups is 2. The summed E-state index contributed by atoms with van der Waals surface area (Å²) in [5.41, 5.74) is 3.32. The van der Waals surface area contributed by atoms with Gasteiger partial charge in [0.25, 0.3) is 11.8 Å². The quantitative estimate of drug-likeness (QED) is 0.428. The van der Waals surface area contributed by atoms with Gasteiger partial charge < -0.3 is 10.1 Å². The Bertz CT molecular complexity index is 1090. The number of hydrogen-bond donors (Lipinski definition) is 2. The molecule has 0 saturated carbocycles. The summed E-state index contributed by atoms with van der Waals surface area (Å²) < 4.78 is 32.4. The molecule has 1 saturated heterocycles. The topological polar surface area (TPSA) is 117 Å². The first-order valence-electron chi connectivity index (χ1n) is 10.8.